The molecule has 6 heteroatoms. The molecule has 0 saturated heterocycles. The highest BCUT2D eigenvalue weighted by Gasteiger charge is 2.16. The first kappa shape index (κ1) is 17.7. The quantitative estimate of drug-likeness (QED) is 0.363. The number of carbonyl (C=O) groups is 2. The van der Waals surface area contributed by atoms with Crippen molar-refractivity contribution in [2.45, 2.75) is 13.8 Å². The molecule has 0 aliphatic heterocycles. The zero-order valence-electron chi connectivity index (χ0n) is 13.3. The zero-order valence-corrected chi connectivity index (χ0v) is 13.3. The number of carbonyl (C=O) groups excluding carboxylic acids is 2. The van der Waals surface area contributed by atoms with Crippen molar-refractivity contribution in [2.24, 2.45) is 0 Å². The minimum Gasteiger partial charge on any atom is -0.421 e. The lowest BCUT2D eigenvalue weighted by Gasteiger charge is -2.23. The molecule has 1 aromatic rings. The lowest BCUT2D eigenvalue weighted by molar-refractivity contribution is -0.128. The molecule has 0 saturated carbocycles. The van der Waals surface area contributed by atoms with Gasteiger partial charge in [0.2, 0.25) is 0 Å². The first-order chi connectivity index (χ1) is 10.5. The van der Waals surface area contributed by atoms with Gasteiger partial charge in [-0.2, -0.15) is 0 Å². The minimum absolute atomic E-state index is 0.269. The minimum atomic E-state index is -0.565. The summed E-state index contributed by atoms with van der Waals surface area (Å²) < 4.78 is 5.14. The predicted molar refractivity (Wildman–Crippen MR) is 87.0 cm³/mol. The van der Waals surface area contributed by atoms with E-state index in [1.54, 1.807) is 31.3 Å². The fraction of sp³-hybridized carbons (Fsp3) is 0.375. The summed E-state index contributed by atoms with van der Waals surface area (Å²) in [5, 5.41) is 2.83. The van der Waals surface area contributed by atoms with Gasteiger partial charge >= 0.3 is 12.0 Å². The summed E-state index contributed by atoms with van der Waals surface area (Å²) in [5.41, 5.74) is 0.509. The first-order valence-electron chi connectivity index (χ1n) is 7.20. The van der Waals surface area contributed by atoms with Crippen molar-refractivity contribution < 1.29 is 14.3 Å². The van der Waals surface area contributed by atoms with Crippen LogP contribution in [0.4, 0.5) is 10.5 Å². The number of hydrogen-bond acceptors (Lipinski definition) is 4. The molecule has 2 amide bonds. The van der Waals surface area contributed by atoms with E-state index in [1.165, 1.54) is 4.90 Å². The van der Waals surface area contributed by atoms with Gasteiger partial charge in [-0.1, -0.05) is 32.6 Å². The molecule has 0 aromatic heterocycles. The van der Waals surface area contributed by atoms with Crippen LogP contribution < -0.4 is 15.0 Å². The van der Waals surface area contributed by atoms with Crippen LogP contribution in [0.1, 0.15) is 13.8 Å². The maximum absolute atomic E-state index is 12.2. The van der Waals surface area contributed by atoms with E-state index in [0.29, 0.717) is 18.1 Å². The summed E-state index contributed by atoms with van der Waals surface area (Å²) >= 11 is 0. The summed E-state index contributed by atoms with van der Waals surface area (Å²) in [4.78, 5) is 27.1. The van der Waals surface area contributed by atoms with E-state index < -0.39 is 5.97 Å². The Balaban J connectivity index is 2.79. The van der Waals surface area contributed by atoms with Crippen molar-refractivity contribution in [3.05, 3.63) is 36.9 Å². The van der Waals surface area contributed by atoms with E-state index in [-0.39, 0.29) is 6.03 Å². The summed E-state index contributed by atoms with van der Waals surface area (Å²) in [6, 6.07) is 6.58. The smallest absolute Gasteiger partial charge is 0.335 e. The first-order valence-corrected chi connectivity index (χ1v) is 7.20. The van der Waals surface area contributed by atoms with Crippen molar-refractivity contribution in [3.63, 3.8) is 0 Å². The molecule has 0 bridgehead atoms. The van der Waals surface area contributed by atoms with Crippen molar-refractivity contribution in [3.8, 4) is 5.75 Å². The maximum Gasteiger partial charge on any atom is 0.335 e. The Hall–Kier alpha value is -2.34. The second-order valence-electron chi connectivity index (χ2n) is 4.60. The molecule has 1 N–H and O–H groups in total. The number of hydrogen-bond donors (Lipinski definition) is 1. The molecule has 0 heterocycles. The third-order valence-electron chi connectivity index (χ3n) is 3.26. The predicted octanol–water partition coefficient (Wildman–Crippen LogP) is 2.22. The van der Waals surface area contributed by atoms with Gasteiger partial charge < -0.3 is 10.1 Å². The van der Waals surface area contributed by atoms with Gasteiger partial charge in [-0.25, -0.2) is 9.59 Å². The molecule has 6 nitrogen and oxygen atoms in total. The number of benzene rings is 1. The largest absolute Gasteiger partial charge is 0.421 e. The molecule has 0 atom stereocenters. The fourth-order valence-electron chi connectivity index (χ4n) is 1.83. The number of nitrogens with zero attached hydrogens (tertiary/aromatic N) is 2. The monoisotopic (exact) mass is 305 g/mol. The number of nitrogens with one attached hydrogen (secondary N) is 1. The van der Waals surface area contributed by atoms with Crippen LogP contribution in [0.25, 0.3) is 0 Å². The van der Waals surface area contributed by atoms with E-state index >= 15 is 0 Å². The Morgan fingerprint density at radius 1 is 1.27 bits per heavy atom. The Morgan fingerprint density at radius 2 is 1.91 bits per heavy atom. The number of esters is 1. The van der Waals surface area contributed by atoms with Crippen molar-refractivity contribution in [1.29, 1.82) is 0 Å². The SMILES string of the molecule is C=CC(=O)Oc1ccccc1N(C)C(=O)NCN(CC)CC. The Labute approximate surface area is 131 Å². The number of rotatable bonds is 7. The van der Waals surface area contributed by atoms with Gasteiger partial charge in [0.15, 0.2) is 5.75 Å². The molecular weight excluding hydrogens is 282 g/mol. The molecular formula is C16H23N3O3. The fourth-order valence-corrected chi connectivity index (χ4v) is 1.83. The molecule has 0 spiro atoms. The molecule has 0 unspecified atom stereocenters. The number of para-hydroxylation sites is 2. The molecule has 1 rings (SSSR count). The normalized spacial score (nSPS) is 10.2. The highest BCUT2D eigenvalue weighted by Crippen LogP contribution is 2.27. The van der Waals surface area contributed by atoms with Gasteiger partial charge in [0.25, 0.3) is 0 Å². The molecule has 0 aliphatic carbocycles. The number of anilines is 1. The highest BCUT2D eigenvalue weighted by atomic mass is 16.5. The number of ether oxygens (including phenoxy) is 1. The standard InChI is InChI=1S/C16H23N3O3/c1-5-15(20)22-14-11-9-8-10-13(14)18(4)16(21)17-12-19(6-2)7-3/h5,8-11H,1,6-7,12H2,2-4H3,(H,17,21). The summed E-state index contributed by atoms with van der Waals surface area (Å²) in [6.07, 6.45) is 1.08. The molecule has 0 radical (unpaired) electrons. The zero-order chi connectivity index (χ0) is 16.5. The van der Waals surface area contributed by atoms with Crippen molar-refractivity contribution in [2.75, 3.05) is 31.7 Å². The number of urea groups is 1. The van der Waals surface area contributed by atoms with Crippen molar-refractivity contribution in [1.82, 2.24) is 10.2 Å². The average molecular weight is 305 g/mol. The average Bonchev–Trinajstić information content (AvgIpc) is 2.55. The third-order valence-corrected chi connectivity index (χ3v) is 3.26. The van der Waals surface area contributed by atoms with Crippen LogP contribution in [-0.4, -0.2) is 43.7 Å². The highest BCUT2D eigenvalue weighted by molar-refractivity contribution is 5.94. The van der Waals surface area contributed by atoms with E-state index in [9.17, 15) is 9.59 Å². The van der Waals surface area contributed by atoms with Gasteiger partial charge in [0.05, 0.1) is 12.4 Å². The van der Waals surface area contributed by atoms with Gasteiger partial charge in [-0.05, 0) is 25.2 Å². The van der Waals surface area contributed by atoms with E-state index in [4.69, 9.17) is 4.74 Å². The van der Waals surface area contributed by atoms with Gasteiger partial charge in [-0.15, -0.1) is 0 Å². The third kappa shape index (κ3) is 4.89. The van der Waals surface area contributed by atoms with Gasteiger partial charge in [0.1, 0.15) is 0 Å². The van der Waals surface area contributed by atoms with Gasteiger partial charge in [0, 0.05) is 13.1 Å². The second-order valence-corrected chi connectivity index (χ2v) is 4.60. The van der Waals surface area contributed by atoms with Crippen LogP contribution in [-0.2, 0) is 4.79 Å². The molecule has 1 aromatic carbocycles. The van der Waals surface area contributed by atoms with Crippen LogP contribution in [0, 0.1) is 0 Å². The maximum atomic E-state index is 12.2. The Kier molecular flexibility index (Phi) is 7.12. The summed E-state index contributed by atoms with van der Waals surface area (Å²) in [6.45, 7) is 9.60. The van der Waals surface area contributed by atoms with E-state index in [2.05, 4.69) is 16.8 Å². The molecule has 120 valence electrons. The van der Waals surface area contributed by atoms with E-state index in [1.807, 2.05) is 13.8 Å². The Morgan fingerprint density at radius 3 is 2.50 bits per heavy atom. The Bertz CT molecular complexity index is 527. The molecule has 22 heavy (non-hydrogen) atoms. The molecule has 0 aliphatic rings. The second kappa shape index (κ2) is 8.84. The topological polar surface area (TPSA) is 61.9 Å². The number of amides is 2. The van der Waals surface area contributed by atoms with Crippen LogP contribution >= 0.6 is 0 Å². The van der Waals surface area contributed by atoms with E-state index in [0.717, 1.165) is 19.2 Å². The lowest BCUT2D eigenvalue weighted by Crippen LogP contribution is -2.43. The van der Waals surface area contributed by atoms with Crippen LogP contribution in [0.5, 0.6) is 5.75 Å². The molecule has 0 fully saturated rings. The van der Waals surface area contributed by atoms with Crippen molar-refractivity contribution >= 4 is 17.7 Å². The van der Waals surface area contributed by atoms with Crippen LogP contribution in [0.3, 0.4) is 0 Å². The summed E-state index contributed by atoms with van der Waals surface area (Å²) in [7, 11) is 1.62. The summed E-state index contributed by atoms with van der Waals surface area (Å²) in [5.74, 6) is -0.253. The van der Waals surface area contributed by atoms with Crippen LogP contribution in [0.2, 0.25) is 0 Å². The lowest BCUT2D eigenvalue weighted by atomic mass is 10.2. The van der Waals surface area contributed by atoms with Crippen LogP contribution in [0.15, 0.2) is 36.9 Å². The van der Waals surface area contributed by atoms with Gasteiger partial charge in [-0.3, -0.25) is 9.80 Å².